The van der Waals surface area contributed by atoms with Gasteiger partial charge in [0.05, 0.1) is 6.54 Å². The highest BCUT2D eigenvalue weighted by molar-refractivity contribution is 14.0. The number of nitrogens with one attached hydrogen (secondary N) is 2. The molecule has 154 valence electrons. The quantitative estimate of drug-likeness (QED) is 0.231. The van der Waals surface area contributed by atoms with Gasteiger partial charge in [-0.25, -0.2) is 0 Å². The molecular formula is C20H28ClIN4O2. The molecule has 0 amide bonds. The van der Waals surface area contributed by atoms with Crippen molar-refractivity contribution in [2.75, 3.05) is 20.1 Å². The van der Waals surface area contributed by atoms with E-state index in [4.69, 9.17) is 16.3 Å². The van der Waals surface area contributed by atoms with Gasteiger partial charge in [0.15, 0.2) is 5.96 Å². The normalized spacial score (nSPS) is 12.0. The minimum absolute atomic E-state index is 0. The van der Waals surface area contributed by atoms with Gasteiger partial charge in [0.2, 0.25) is 5.56 Å². The third-order valence-corrected chi connectivity index (χ3v) is 4.20. The van der Waals surface area contributed by atoms with Gasteiger partial charge in [0.25, 0.3) is 0 Å². The van der Waals surface area contributed by atoms with Crippen LogP contribution in [0.15, 0.2) is 58.4 Å². The molecule has 0 aliphatic carbocycles. The van der Waals surface area contributed by atoms with Crippen LogP contribution >= 0.6 is 35.6 Å². The second-order valence-electron chi connectivity index (χ2n) is 6.20. The number of pyridine rings is 1. The summed E-state index contributed by atoms with van der Waals surface area (Å²) in [4.78, 5) is 15.8. The van der Waals surface area contributed by atoms with Crippen LogP contribution in [0.5, 0.6) is 5.75 Å². The first-order valence-corrected chi connectivity index (χ1v) is 9.48. The largest absolute Gasteiger partial charge is 0.489 e. The highest BCUT2D eigenvalue weighted by atomic mass is 127. The average Bonchev–Trinajstić information content (AvgIpc) is 2.67. The van der Waals surface area contributed by atoms with Crippen LogP contribution < -0.4 is 20.9 Å². The van der Waals surface area contributed by atoms with Crippen molar-refractivity contribution in [2.45, 2.75) is 32.4 Å². The number of hydrogen-bond donors (Lipinski definition) is 2. The fourth-order valence-electron chi connectivity index (χ4n) is 2.51. The fourth-order valence-corrected chi connectivity index (χ4v) is 2.63. The number of guanidine groups is 1. The zero-order chi connectivity index (χ0) is 19.5. The van der Waals surface area contributed by atoms with Gasteiger partial charge in [0, 0.05) is 37.4 Å². The zero-order valence-electron chi connectivity index (χ0n) is 16.2. The first kappa shape index (κ1) is 24.3. The second kappa shape index (κ2) is 13.4. The van der Waals surface area contributed by atoms with E-state index >= 15 is 0 Å². The number of rotatable bonds is 9. The van der Waals surface area contributed by atoms with E-state index < -0.39 is 0 Å². The Labute approximate surface area is 188 Å². The summed E-state index contributed by atoms with van der Waals surface area (Å²) in [6.45, 7) is 4.13. The molecule has 0 fully saturated rings. The van der Waals surface area contributed by atoms with Crippen molar-refractivity contribution in [3.8, 4) is 5.75 Å². The van der Waals surface area contributed by atoms with E-state index in [1.54, 1.807) is 35.9 Å². The van der Waals surface area contributed by atoms with Crippen LogP contribution in [0.2, 0.25) is 5.02 Å². The van der Waals surface area contributed by atoms with Crippen molar-refractivity contribution in [3.05, 3.63) is 64.0 Å². The molecule has 0 aliphatic heterocycles. The van der Waals surface area contributed by atoms with Crippen LogP contribution in [-0.2, 0) is 6.54 Å². The standard InChI is InChI=1S/C20H27ClN4O2.HI/c1-16(27-18-10-8-17(21)9-11-18)15-24-20(22-2)23-12-4-6-14-25-13-5-3-7-19(25)26;/h3,5,7-11,13,16H,4,6,12,14-15H2,1-2H3,(H2,22,23,24);1H. The van der Waals surface area contributed by atoms with E-state index in [0.29, 0.717) is 11.6 Å². The number of unbranched alkanes of at least 4 members (excludes halogenated alkanes) is 1. The van der Waals surface area contributed by atoms with Gasteiger partial charge in [-0.05, 0) is 50.1 Å². The summed E-state index contributed by atoms with van der Waals surface area (Å²) in [6, 6.07) is 12.5. The topological polar surface area (TPSA) is 67.7 Å². The molecule has 2 N–H and O–H groups in total. The molecular weight excluding hydrogens is 491 g/mol. The fraction of sp³-hybridized carbons (Fsp3) is 0.400. The van der Waals surface area contributed by atoms with Crippen molar-refractivity contribution in [3.63, 3.8) is 0 Å². The third kappa shape index (κ3) is 8.97. The molecule has 1 aromatic carbocycles. The van der Waals surface area contributed by atoms with Crippen LogP contribution in [0.3, 0.4) is 0 Å². The number of halogens is 2. The molecule has 0 radical (unpaired) electrons. The van der Waals surface area contributed by atoms with E-state index in [-0.39, 0.29) is 35.6 Å². The summed E-state index contributed by atoms with van der Waals surface area (Å²) in [5.74, 6) is 1.52. The van der Waals surface area contributed by atoms with E-state index in [9.17, 15) is 4.79 Å². The van der Waals surface area contributed by atoms with Crippen molar-refractivity contribution in [1.82, 2.24) is 15.2 Å². The summed E-state index contributed by atoms with van der Waals surface area (Å²) in [7, 11) is 1.74. The number of hydrogen-bond acceptors (Lipinski definition) is 3. The Balaban J connectivity index is 0.00000392. The molecule has 2 rings (SSSR count). The Bertz CT molecular complexity index is 780. The van der Waals surface area contributed by atoms with Crippen molar-refractivity contribution < 1.29 is 4.74 Å². The first-order chi connectivity index (χ1) is 13.1. The van der Waals surface area contributed by atoms with E-state index in [1.807, 2.05) is 31.3 Å². The predicted molar refractivity (Wildman–Crippen MR) is 126 cm³/mol. The van der Waals surface area contributed by atoms with Gasteiger partial charge in [0.1, 0.15) is 11.9 Å². The molecule has 1 atom stereocenters. The Morgan fingerprint density at radius 1 is 1.18 bits per heavy atom. The van der Waals surface area contributed by atoms with Gasteiger partial charge < -0.3 is 19.9 Å². The number of benzene rings is 1. The summed E-state index contributed by atoms with van der Waals surface area (Å²) in [6.07, 6.45) is 3.66. The molecule has 0 bridgehead atoms. The van der Waals surface area contributed by atoms with Gasteiger partial charge in [-0.15, -0.1) is 24.0 Å². The van der Waals surface area contributed by atoms with Crippen LogP contribution in [0.25, 0.3) is 0 Å². The summed E-state index contributed by atoms with van der Waals surface area (Å²) in [5, 5.41) is 7.22. The molecule has 0 aliphatic rings. The highest BCUT2D eigenvalue weighted by Crippen LogP contribution is 2.16. The molecule has 1 unspecified atom stereocenters. The molecule has 0 spiro atoms. The number of aryl methyl sites for hydroxylation is 1. The van der Waals surface area contributed by atoms with Crippen LogP contribution in [0, 0.1) is 0 Å². The molecule has 6 nitrogen and oxygen atoms in total. The SMILES string of the molecule is CN=C(NCCCCn1ccccc1=O)NCC(C)Oc1ccc(Cl)cc1.I. The predicted octanol–water partition coefficient (Wildman–Crippen LogP) is 3.53. The van der Waals surface area contributed by atoms with Crippen molar-refractivity contribution in [1.29, 1.82) is 0 Å². The number of aliphatic imine (C=N–C) groups is 1. The summed E-state index contributed by atoms with van der Waals surface area (Å²) < 4.78 is 7.56. The lowest BCUT2D eigenvalue weighted by molar-refractivity contribution is 0.224. The Hall–Kier alpha value is -1.74. The number of ether oxygens (including phenoxy) is 1. The number of nitrogens with zero attached hydrogens (tertiary/aromatic N) is 2. The van der Waals surface area contributed by atoms with Gasteiger partial charge in [-0.3, -0.25) is 9.79 Å². The van der Waals surface area contributed by atoms with Crippen LogP contribution in [0.1, 0.15) is 19.8 Å². The minimum Gasteiger partial charge on any atom is -0.489 e. The second-order valence-corrected chi connectivity index (χ2v) is 6.64. The molecule has 0 saturated heterocycles. The zero-order valence-corrected chi connectivity index (χ0v) is 19.3. The van der Waals surface area contributed by atoms with Crippen molar-refractivity contribution >= 4 is 41.5 Å². The summed E-state index contributed by atoms with van der Waals surface area (Å²) in [5.41, 5.74) is 0.0395. The Morgan fingerprint density at radius 2 is 1.93 bits per heavy atom. The molecule has 1 heterocycles. The number of aromatic nitrogens is 1. The highest BCUT2D eigenvalue weighted by Gasteiger charge is 2.06. The van der Waals surface area contributed by atoms with Gasteiger partial charge in [-0.1, -0.05) is 17.7 Å². The maximum absolute atomic E-state index is 11.6. The molecule has 8 heteroatoms. The van der Waals surface area contributed by atoms with E-state index in [2.05, 4.69) is 15.6 Å². The first-order valence-electron chi connectivity index (χ1n) is 9.10. The Kier molecular flexibility index (Phi) is 11.7. The maximum Gasteiger partial charge on any atom is 0.250 e. The lowest BCUT2D eigenvalue weighted by atomic mass is 10.3. The van der Waals surface area contributed by atoms with Gasteiger partial charge >= 0.3 is 0 Å². The molecule has 1 aromatic heterocycles. The third-order valence-electron chi connectivity index (χ3n) is 3.95. The summed E-state index contributed by atoms with van der Waals surface area (Å²) >= 11 is 5.87. The Morgan fingerprint density at radius 3 is 2.61 bits per heavy atom. The lowest BCUT2D eigenvalue weighted by Crippen LogP contribution is -2.42. The maximum atomic E-state index is 11.6. The average molecular weight is 519 g/mol. The molecule has 0 saturated carbocycles. The lowest BCUT2D eigenvalue weighted by Gasteiger charge is -2.18. The molecule has 28 heavy (non-hydrogen) atoms. The van der Waals surface area contributed by atoms with E-state index in [0.717, 1.165) is 37.6 Å². The smallest absolute Gasteiger partial charge is 0.250 e. The monoisotopic (exact) mass is 518 g/mol. The van der Waals surface area contributed by atoms with Crippen LogP contribution in [-0.4, -0.2) is 36.8 Å². The minimum atomic E-state index is -0.0188. The molecule has 2 aromatic rings. The van der Waals surface area contributed by atoms with E-state index in [1.165, 1.54) is 0 Å². The van der Waals surface area contributed by atoms with Crippen molar-refractivity contribution in [2.24, 2.45) is 4.99 Å². The van der Waals surface area contributed by atoms with Crippen LogP contribution in [0.4, 0.5) is 0 Å². The van der Waals surface area contributed by atoms with Gasteiger partial charge in [-0.2, -0.15) is 0 Å².